The number of aryl methyl sites for hydroxylation is 1. The number of nitrogens with one attached hydrogen (secondary N) is 1. The van der Waals surface area contributed by atoms with E-state index in [9.17, 15) is 4.79 Å². The van der Waals surface area contributed by atoms with Crippen LogP contribution in [0.1, 0.15) is 16.9 Å². The number of hydrogen-bond donors (Lipinski definition) is 1. The Hall–Kier alpha value is -1.72. The van der Waals surface area contributed by atoms with Gasteiger partial charge in [-0.15, -0.1) is 11.3 Å². The number of thiophene rings is 1. The van der Waals surface area contributed by atoms with E-state index >= 15 is 0 Å². The third-order valence-electron chi connectivity index (χ3n) is 3.45. The zero-order valence-electron chi connectivity index (χ0n) is 13.3. The van der Waals surface area contributed by atoms with E-state index in [4.69, 9.17) is 16.3 Å². The molecule has 0 aliphatic carbocycles. The highest BCUT2D eigenvalue weighted by molar-refractivity contribution is 7.16. The van der Waals surface area contributed by atoms with E-state index in [2.05, 4.69) is 5.32 Å². The summed E-state index contributed by atoms with van der Waals surface area (Å²) in [7, 11) is 3.44. The van der Waals surface area contributed by atoms with Gasteiger partial charge in [0, 0.05) is 18.5 Å². The Morgan fingerprint density at radius 1 is 1.26 bits per heavy atom. The van der Waals surface area contributed by atoms with E-state index in [0.29, 0.717) is 13.1 Å². The number of nitrogens with zero attached hydrogens (tertiary/aromatic N) is 1. The van der Waals surface area contributed by atoms with Crippen LogP contribution in [-0.2, 0) is 13.0 Å². The number of benzene rings is 1. The Kier molecular flexibility index (Phi) is 6.74. The van der Waals surface area contributed by atoms with Crippen molar-refractivity contribution in [1.29, 1.82) is 0 Å². The van der Waals surface area contributed by atoms with Crippen LogP contribution in [0.3, 0.4) is 0 Å². The molecule has 0 aliphatic rings. The van der Waals surface area contributed by atoms with Gasteiger partial charge in [0.05, 0.1) is 18.0 Å². The third kappa shape index (κ3) is 5.77. The SMILES string of the molecule is COc1ccc(CCCNC(=O)N(C)Cc2ccc(Cl)s2)cc1. The average Bonchev–Trinajstić information content (AvgIpc) is 2.96. The highest BCUT2D eigenvalue weighted by atomic mass is 35.5. The van der Waals surface area contributed by atoms with Crippen molar-refractivity contribution in [2.45, 2.75) is 19.4 Å². The van der Waals surface area contributed by atoms with Crippen molar-refractivity contribution >= 4 is 29.0 Å². The van der Waals surface area contributed by atoms with Crippen molar-refractivity contribution in [3.8, 4) is 5.75 Å². The van der Waals surface area contributed by atoms with E-state index in [0.717, 1.165) is 27.8 Å². The molecule has 1 N–H and O–H groups in total. The molecule has 1 aromatic heterocycles. The summed E-state index contributed by atoms with van der Waals surface area (Å²) in [5, 5.41) is 2.94. The van der Waals surface area contributed by atoms with Crippen LogP contribution >= 0.6 is 22.9 Å². The predicted molar refractivity (Wildman–Crippen MR) is 95.5 cm³/mol. The van der Waals surface area contributed by atoms with E-state index in [1.807, 2.05) is 36.4 Å². The number of hydrogen-bond acceptors (Lipinski definition) is 3. The summed E-state index contributed by atoms with van der Waals surface area (Å²) in [4.78, 5) is 14.8. The highest BCUT2D eigenvalue weighted by Gasteiger charge is 2.09. The number of halogens is 1. The topological polar surface area (TPSA) is 41.6 Å². The fourth-order valence-electron chi connectivity index (χ4n) is 2.16. The Balaban J connectivity index is 1.67. The fraction of sp³-hybridized carbons (Fsp3) is 0.353. The van der Waals surface area contributed by atoms with E-state index in [1.54, 1.807) is 19.1 Å². The molecule has 0 saturated heterocycles. The number of urea groups is 1. The van der Waals surface area contributed by atoms with Crippen LogP contribution in [0.4, 0.5) is 4.79 Å². The van der Waals surface area contributed by atoms with Gasteiger partial charge in [0.25, 0.3) is 0 Å². The van der Waals surface area contributed by atoms with Crippen LogP contribution in [0, 0.1) is 0 Å². The lowest BCUT2D eigenvalue weighted by Crippen LogP contribution is -2.37. The van der Waals surface area contributed by atoms with Gasteiger partial charge in [-0.2, -0.15) is 0 Å². The molecule has 0 unspecified atom stereocenters. The second-order valence-corrected chi connectivity index (χ2v) is 7.05. The average molecular weight is 353 g/mol. The van der Waals surface area contributed by atoms with Gasteiger partial charge in [-0.05, 0) is 42.7 Å². The quantitative estimate of drug-likeness (QED) is 0.759. The van der Waals surface area contributed by atoms with Crippen molar-refractivity contribution in [2.75, 3.05) is 20.7 Å². The first-order valence-electron chi connectivity index (χ1n) is 7.44. The fourth-order valence-corrected chi connectivity index (χ4v) is 3.30. The molecule has 124 valence electrons. The molecule has 23 heavy (non-hydrogen) atoms. The maximum Gasteiger partial charge on any atom is 0.317 e. The summed E-state index contributed by atoms with van der Waals surface area (Å²) < 4.78 is 5.88. The van der Waals surface area contributed by atoms with Gasteiger partial charge in [0.2, 0.25) is 0 Å². The Morgan fingerprint density at radius 2 is 2.00 bits per heavy atom. The van der Waals surface area contributed by atoms with Gasteiger partial charge in [0.15, 0.2) is 0 Å². The second-order valence-electron chi connectivity index (χ2n) is 5.25. The number of methoxy groups -OCH3 is 1. The zero-order valence-corrected chi connectivity index (χ0v) is 14.9. The minimum Gasteiger partial charge on any atom is -0.497 e. The molecule has 1 heterocycles. The summed E-state index contributed by atoms with van der Waals surface area (Å²) >= 11 is 7.39. The van der Waals surface area contributed by atoms with Crippen molar-refractivity contribution in [3.63, 3.8) is 0 Å². The van der Waals surface area contributed by atoms with E-state index in [1.165, 1.54) is 16.9 Å². The second kappa shape index (κ2) is 8.79. The lowest BCUT2D eigenvalue weighted by Gasteiger charge is -2.17. The highest BCUT2D eigenvalue weighted by Crippen LogP contribution is 2.22. The molecule has 2 rings (SSSR count). The first-order chi connectivity index (χ1) is 11.1. The number of ether oxygens (including phenoxy) is 1. The molecule has 2 amide bonds. The minimum absolute atomic E-state index is 0.0655. The number of rotatable bonds is 7. The van der Waals surface area contributed by atoms with Gasteiger partial charge >= 0.3 is 6.03 Å². The summed E-state index contributed by atoms with van der Waals surface area (Å²) in [6.45, 7) is 1.22. The molecule has 2 aromatic rings. The van der Waals surface area contributed by atoms with Crippen molar-refractivity contribution in [3.05, 3.63) is 51.2 Å². The molecule has 4 nitrogen and oxygen atoms in total. The molecule has 0 fully saturated rings. The Labute approximate surface area is 146 Å². The Morgan fingerprint density at radius 3 is 2.61 bits per heavy atom. The number of carbonyl (C=O) groups excluding carboxylic acids is 1. The smallest absolute Gasteiger partial charge is 0.317 e. The molecular formula is C17H21ClN2O2S. The standard InChI is InChI=1S/C17H21ClN2O2S/c1-20(12-15-9-10-16(18)23-15)17(21)19-11-3-4-13-5-7-14(22-2)8-6-13/h5-10H,3-4,11-12H2,1-2H3,(H,19,21). The van der Waals surface area contributed by atoms with Crippen molar-refractivity contribution in [1.82, 2.24) is 10.2 Å². The molecule has 1 aromatic carbocycles. The third-order valence-corrected chi connectivity index (χ3v) is 4.66. The lowest BCUT2D eigenvalue weighted by molar-refractivity contribution is 0.207. The summed E-state index contributed by atoms with van der Waals surface area (Å²) in [5.41, 5.74) is 1.24. The molecular weight excluding hydrogens is 332 g/mol. The first kappa shape index (κ1) is 17.6. The van der Waals surface area contributed by atoms with Crippen LogP contribution in [0.2, 0.25) is 4.34 Å². The van der Waals surface area contributed by atoms with Crippen LogP contribution < -0.4 is 10.1 Å². The molecule has 0 spiro atoms. The maximum absolute atomic E-state index is 12.0. The molecule has 0 aliphatic heterocycles. The maximum atomic E-state index is 12.0. The van der Waals surface area contributed by atoms with Crippen LogP contribution in [0.25, 0.3) is 0 Å². The molecule has 0 atom stereocenters. The van der Waals surface area contributed by atoms with Gasteiger partial charge in [-0.1, -0.05) is 23.7 Å². The normalized spacial score (nSPS) is 10.4. The zero-order chi connectivity index (χ0) is 16.7. The van der Waals surface area contributed by atoms with Gasteiger partial charge in [-0.25, -0.2) is 4.79 Å². The van der Waals surface area contributed by atoms with Crippen molar-refractivity contribution < 1.29 is 9.53 Å². The largest absolute Gasteiger partial charge is 0.497 e. The summed E-state index contributed by atoms with van der Waals surface area (Å²) in [6, 6.07) is 11.7. The van der Waals surface area contributed by atoms with E-state index in [-0.39, 0.29) is 6.03 Å². The van der Waals surface area contributed by atoms with Crippen LogP contribution in [0.5, 0.6) is 5.75 Å². The van der Waals surface area contributed by atoms with Gasteiger partial charge in [-0.3, -0.25) is 0 Å². The first-order valence-corrected chi connectivity index (χ1v) is 8.64. The summed E-state index contributed by atoms with van der Waals surface area (Å²) in [6.07, 6.45) is 1.82. The van der Waals surface area contributed by atoms with Gasteiger partial charge < -0.3 is 15.0 Å². The number of amides is 2. The molecule has 0 bridgehead atoms. The van der Waals surface area contributed by atoms with Crippen LogP contribution in [0.15, 0.2) is 36.4 Å². The van der Waals surface area contributed by atoms with Crippen LogP contribution in [-0.4, -0.2) is 31.6 Å². The Bertz CT molecular complexity index is 628. The molecule has 0 saturated carbocycles. The summed E-state index contributed by atoms with van der Waals surface area (Å²) in [5.74, 6) is 0.859. The van der Waals surface area contributed by atoms with Crippen molar-refractivity contribution in [2.24, 2.45) is 0 Å². The van der Waals surface area contributed by atoms with Gasteiger partial charge in [0.1, 0.15) is 5.75 Å². The number of carbonyl (C=O) groups is 1. The molecule has 0 radical (unpaired) electrons. The monoisotopic (exact) mass is 352 g/mol. The predicted octanol–water partition coefficient (Wildman–Crippen LogP) is 4.18. The minimum atomic E-state index is -0.0655. The molecule has 6 heteroatoms. The van der Waals surface area contributed by atoms with E-state index < -0.39 is 0 Å². The lowest BCUT2D eigenvalue weighted by atomic mass is 10.1.